The molecule has 2 aliphatic rings. The Hall–Kier alpha value is -0.0400. The van der Waals surface area contributed by atoms with Crippen molar-refractivity contribution in [1.82, 2.24) is 0 Å². The van der Waals surface area contributed by atoms with Gasteiger partial charge in [0, 0.05) is 0 Å². The zero-order chi connectivity index (χ0) is 19.3. The first-order valence-electron chi connectivity index (χ1n) is 12.9. The average molecular weight is 379 g/mol. The van der Waals surface area contributed by atoms with Crippen molar-refractivity contribution in [3.63, 3.8) is 0 Å². The van der Waals surface area contributed by atoms with Crippen LogP contribution in [0.15, 0.2) is 0 Å². The summed E-state index contributed by atoms with van der Waals surface area (Å²) in [6, 6.07) is 0. The highest BCUT2D eigenvalue weighted by Crippen LogP contribution is 2.42. The Balaban J connectivity index is 1.33. The van der Waals surface area contributed by atoms with Gasteiger partial charge in [0.25, 0.3) is 0 Å². The topological polar surface area (TPSA) is 12.5 Å². The minimum absolute atomic E-state index is 0.660. The Morgan fingerprint density at radius 1 is 0.667 bits per heavy atom. The summed E-state index contributed by atoms with van der Waals surface area (Å²) in [7, 11) is 0. The van der Waals surface area contributed by atoms with Crippen LogP contribution < -0.4 is 0 Å². The number of epoxide rings is 1. The summed E-state index contributed by atoms with van der Waals surface area (Å²) in [5.41, 5.74) is 0. The highest BCUT2D eigenvalue weighted by Gasteiger charge is 2.43. The molecule has 2 rings (SSSR count). The second-order valence-electron chi connectivity index (χ2n) is 10.1. The summed E-state index contributed by atoms with van der Waals surface area (Å²) in [6.45, 7) is 7.31. The van der Waals surface area contributed by atoms with Gasteiger partial charge in [-0.1, -0.05) is 111 Å². The lowest BCUT2D eigenvalue weighted by molar-refractivity contribution is 0.251. The molecule has 1 aliphatic carbocycles. The number of rotatable bonds is 17. The van der Waals surface area contributed by atoms with Crippen molar-refractivity contribution in [2.45, 2.75) is 149 Å². The van der Waals surface area contributed by atoms with Gasteiger partial charge in [-0.05, 0) is 43.4 Å². The van der Waals surface area contributed by atoms with Crippen LogP contribution in [0, 0.1) is 17.8 Å². The molecule has 1 heteroatoms. The molecule has 1 heterocycles. The third-order valence-electron chi connectivity index (χ3n) is 7.55. The molecule has 0 N–H and O–H groups in total. The van der Waals surface area contributed by atoms with Crippen LogP contribution in [0.25, 0.3) is 0 Å². The van der Waals surface area contributed by atoms with E-state index in [-0.39, 0.29) is 0 Å². The SMILES string of the molecule is CCCCCCCCCCCCCCCC(C)C(C)CC1CCC2OC2C1. The smallest absolute Gasteiger partial charge is 0.0844 e. The maximum absolute atomic E-state index is 5.70. The minimum Gasteiger partial charge on any atom is -0.370 e. The average Bonchev–Trinajstić information content (AvgIpc) is 3.44. The van der Waals surface area contributed by atoms with E-state index in [4.69, 9.17) is 4.74 Å². The van der Waals surface area contributed by atoms with Gasteiger partial charge in [-0.2, -0.15) is 0 Å². The van der Waals surface area contributed by atoms with Crippen molar-refractivity contribution in [1.29, 1.82) is 0 Å². The lowest BCUT2D eigenvalue weighted by Crippen LogP contribution is -2.19. The Labute approximate surface area is 171 Å². The molecule has 0 amide bonds. The quantitative estimate of drug-likeness (QED) is 0.182. The number of unbranched alkanes of at least 4 members (excludes halogenated alkanes) is 12. The lowest BCUT2D eigenvalue weighted by atomic mass is 9.78. The number of hydrogen-bond acceptors (Lipinski definition) is 1. The fourth-order valence-corrected chi connectivity index (χ4v) is 5.23. The van der Waals surface area contributed by atoms with Crippen LogP contribution in [-0.2, 0) is 4.74 Å². The first kappa shape index (κ1) is 23.2. The fourth-order valence-electron chi connectivity index (χ4n) is 5.23. The van der Waals surface area contributed by atoms with Gasteiger partial charge in [0.1, 0.15) is 0 Å². The van der Waals surface area contributed by atoms with Crippen LogP contribution >= 0.6 is 0 Å². The number of ether oxygens (including phenoxy) is 1. The molecular weight excluding hydrogens is 328 g/mol. The zero-order valence-electron chi connectivity index (χ0n) is 19.0. The number of fused-ring (bicyclic) bond motifs is 1. The van der Waals surface area contributed by atoms with Crippen molar-refractivity contribution < 1.29 is 4.74 Å². The van der Waals surface area contributed by atoms with Crippen LogP contribution in [0.5, 0.6) is 0 Å². The van der Waals surface area contributed by atoms with Crippen molar-refractivity contribution in [3.8, 4) is 0 Å². The summed E-state index contributed by atoms with van der Waals surface area (Å²) in [5.74, 6) is 2.77. The van der Waals surface area contributed by atoms with Crippen LogP contribution in [0.4, 0.5) is 0 Å². The zero-order valence-corrected chi connectivity index (χ0v) is 19.0. The van der Waals surface area contributed by atoms with Gasteiger partial charge >= 0.3 is 0 Å². The predicted octanol–water partition coefficient (Wildman–Crippen LogP) is 8.70. The Kier molecular flexibility index (Phi) is 12.1. The van der Waals surface area contributed by atoms with Gasteiger partial charge in [0.2, 0.25) is 0 Å². The monoisotopic (exact) mass is 378 g/mol. The Morgan fingerprint density at radius 2 is 1.22 bits per heavy atom. The summed E-state index contributed by atoms with van der Waals surface area (Å²) >= 11 is 0. The van der Waals surface area contributed by atoms with Gasteiger partial charge in [-0.25, -0.2) is 0 Å². The van der Waals surface area contributed by atoms with E-state index >= 15 is 0 Å². The summed E-state index contributed by atoms with van der Waals surface area (Å²) in [4.78, 5) is 0. The molecule has 0 spiro atoms. The van der Waals surface area contributed by atoms with E-state index in [0.717, 1.165) is 17.8 Å². The van der Waals surface area contributed by atoms with E-state index < -0.39 is 0 Å². The standard InChI is InChI=1S/C26H50O/c1-4-5-6-7-8-9-10-11-12-13-14-15-16-17-22(2)23(3)20-24-18-19-25-26(21-24)27-25/h22-26H,4-21H2,1-3H3. The van der Waals surface area contributed by atoms with Gasteiger partial charge in [0.15, 0.2) is 0 Å². The van der Waals surface area contributed by atoms with Gasteiger partial charge < -0.3 is 4.74 Å². The second kappa shape index (κ2) is 14.0. The molecule has 0 bridgehead atoms. The molecule has 1 aliphatic heterocycles. The normalized spacial score (nSPS) is 26.6. The predicted molar refractivity (Wildman–Crippen MR) is 119 cm³/mol. The molecule has 2 fully saturated rings. The van der Waals surface area contributed by atoms with Gasteiger partial charge in [-0.15, -0.1) is 0 Å². The molecule has 0 aromatic heterocycles. The highest BCUT2D eigenvalue weighted by molar-refractivity contribution is 4.92. The van der Waals surface area contributed by atoms with Crippen molar-refractivity contribution in [2.24, 2.45) is 17.8 Å². The van der Waals surface area contributed by atoms with E-state index in [0.29, 0.717) is 12.2 Å². The summed E-state index contributed by atoms with van der Waals surface area (Å²) in [6.07, 6.45) is 27.4. The molecule has 27 heavy (non-hydrogen) atoms. The maximum atomic E-state index is 5.70. The summed E-state index contributed by atoms with van der Waals surface area (Å²) < 4.78 is 5.70. The van der Waals surface area contributed by atoms with E-state index in [2.05, 4.69) is 20.8 Å². The van der Waals surface area contributed by atoms with Crippen LogP contribution in [0.1, 0.15) is 136 Å². The molecule has 0 aromatic carbocycles. The first-order valence-corrected chi connectivity index (χ1v) is 12.9. The van der Waals surface area contributed by atoms with E-state index in [1.165, 1.54) is 116 Å². The highest BCUT2D eigenvalue weighted by atomic mass is 16.6. The molecule has 5 atom stereocenters. The molecule has 1 saturated heterocycles. The van der Waals surface area contributed by atoms with E-state index in [1.54, 1.807) is 0 Å². The second-order valence-corrected chi connectivity index (χ2v) is 10.1. The van der Waals surface area contributed by atoms with Crippen molar-refractivity contribution >= 4 is 0 Å². The largest absolute Gasteiger partial charge is 0.370 e. The first-order chi connectivity index (χ1) is 13.2. The van der Waals surface area contributed by atoms with E-state index in [9.17, 15) is 0 Å². The number of hydrogen-bond donors (Lipinski definition) is 0. The van der Waals surface area contributed by atoms with Crippen LogP contribution in [0.3, 0.4) is 0 Å². The van der Waals surface area contributed by atoms with Crippen LogP contribution in [0.2, 0.25) is 0 Å². The Morgan fingerprint density at radius 3 is 1.78 bits per heavy atom. The maximum Gasteiger partial charge on any atom is 0.0844 e. The lowest BCUT2D eigenvalue weighted by Gasteiger charge is -2.26. The summed E-state index contributed by atoms with van der Waals surface area (Å²) in [5, 5.41) is 0. The molecule has 0 aromatic rings. The van der Waals surface area contributed by atoms with Gasteiger partial charge in [0.05, 0.1) is 12.2 Å². The Bertz CT molecular complexity index is 352. The molecular formula is C26H50O. The van der Waals surface area contributed by atoms with Crippen molar-refractivity contribution in [3.05, 3.63) is 0 Å². The molecule has 1 saturated carbocycles. The molecule has 0 radical (unpaired) electrons. The third kappa shape index (κ3) is 10.3. The molecule has 1 nitrogen and oxygen atoms in total. The minimum atomic E-state index is 0.660. The molecule has 5 unspecified atom stereocenters. The van der Waals surface area contributed by atoms with E-state index in [1.807, 2.05) is 0 Å². The van der Waals surface area contributed by atoms with Crippen LogP contribution in [-0.4, -0.2) is 12.2 Å². The van der Waals surface area contributed by atoms with Gasteiger partial charge in [-0.3, -0.25) is 0 Å². The fraction of sp³-hybridized carbons (Fsp3) is 1.00. The van der Waals surface area contributed by atoms with Crippen molar-refractivity contribution in [2.75, 3.05) is 0 Å². The molecule has 160 valence electrons. The third-order valence-corrected chi connectivity index (χ3v) is 7.55.